The molecule has 2 amide bonds. The van der Waals surface area contributed by atoms with E-state index in [1.807, 2.05) is 4.90 Å². The first-order chi connectivity index (χ1) is 12.7. The third-order valence-corrected chi connectivity index (χ3v) is 5.42. The van der Waals surface area contributed by atoms with Crippen LogP contribution in [0.2, 0.25) is 0 Å². The molecule has 2 aliphatic rings. The molecule has 5 nitrogen and oxygen atoms in total. The fourth-order valence-electron chi connectivity index (χ4n) is 3.93. The van der Waals surface area contributed by atoms with Gasteiger partial charge in [0, 0.05) is 32.2 Å². The maximum Gasteiger partial charge on any atom is 0.321 e. The van der Waals surface area contributed by atoms with E-state index in [1.54, 1.807) is 0 Å². The number of halogens is 1. The molecule has 0 bridgehead atoms. The van der Waals surface area contributed by atoms with Crippen LogP contribution < -0.4 is 5.32 Å². The summed E-state index contributed by atoms with van der Waals surface area (Å²) in [7, 11) is 0. The number of urea groups is 1. The molecule has 1 aromatic carbocycles. The lowest BCUT2D eigenvalue weighted by Crippen LogP contribution is -2.53. The Morgan fingerprint density at radius 3 is 2.58 bits per heavy atom. The summed E-state index contributed by atoms with van der Waals surface area (Å²) in [5.41, 5.74) is 3.46. The van der Waals surface area contributed by atoms with E-state index >= 15 is 0 Å². The number of nitrogens with one attached hydrogen (secondary N) is 1. The highest BCUT2D eigenvalue weighted by Gasteiger charge is 2.28. The molecule has 6 heteroatoms. The number of hydrogen-bond donors (Lipinski definition) is 1. The van der Waals surface area contributed by atoms with Gasteiger partial charge in [0.05, 0.1) is 11.9 Å². The van der Waals surface area contributed by atoms with Gasteiger partial charge in [-0.05, 0) is 42.5 Å². The van der Waals surface area contributed by atoms with Gasteiger partial charge in [-0.1, -0.05) is 24.3 Å². The monoisotopic (exact) mass is 354 g/mol. The van der Waals surface area contributed by atoms with E-state index in [1.165, 1.54) is 35.9 Å². The lowest BCUT2D eigenvalue weighted by Gasteiger charge is -2.41. The third kappa shape index (κ3) is 3.70. The summed E-state index contributed by atoms with van der Waals surface area (Å²) in [4.78, 5) is 20.3. The number of hydrogen-bond acceptors (Lipinski definition) is 3. The Hall–Kier alpha value is -2.47. The number of carbonyl (C=O) groups is 1. The van der Waals surface area contributed by atoms with Crippen LogP contribution in [0.3, 0.4) is 0 Å². The van der Waals surface area contributed by atoms with Gasteiger partial charge in [0.2, 0.25) is 5.95 Å². The van der Waals surface area contributed by atoms with Gasteiger partial charge in [-0.15, -0.1) is 0 Å². The van der Waals surface area contributed by atoms with E-state index in [4.69, 9.17) is 0 Å². The van der Waals surface area contributed by atoms with Gasteiger partial charge in [-0.3, -0.25) is 4.90 Å². The fourth-order valence-corrected chi connectivity index (χ4v) is 3.93. The number of aromatic nitrogens is 1. The quantitative estimate of drug-likeness (QED) is 0.844. The molecule has 1 aliphatic heterocycles. The fraction of sp³-hybridized carbons (Fsp3) is 0.400. The largest absolute Gasteiger partial charge is 0.322 e. The first kappa shape index (κ1) is 17.0. The van der Waals surface area contributed by atoms with Crippen molar-refractivity contribution in [1.82, 2.24) is 14.8 Å². The molecule has 1 N–H and O–H groups in total. The van der Waals surface area contributed by atoms with Crippen molar-refractivity contribution < 1.29 is 9.18 Å². The predicted molar refractivity (Wildman–Crippen MR) is 98.6 cm³/mol. The topological polar surface area (TPSA) is 48.5 Å². The van der Waals surface area contributed by atoms with Gasteiger partial charge in [0.25, 0.3) is 0 Å². The van der Waals surface area contributed by atoms with Gasteiger partial charge in [0.1, 0.15) is 0 Å². The van der Waals surface area contributed by atoms with Gasteiger partial charge in [-0.2, -0.15) is 4.39 Å². The molecule has 1 aromatic heterocycles. The number of pyridine rings is 1. The predicted octanol–water partition coefficient (Wildman–Crippen LogP) is 2.93. The number of carbonyl (C=O) groups excluding carboxylic acids is 1. The molecule has 2 aromatic rings. The Morgan fingerprint density at radius 2 is 1.85 bits per heavy atom. The van der Waals surface area contributed by atoms with Gasteiger partial charge in [0.15, 0.2) is 0 Å². The molecule has 2 heterocycles. The van der Waals surface area contributed by atoms with Crippen LogP contribution in [0.15, 0.2) is 42.6 Å². The van der Waals surface area contributed by atoms with Crippen molar-refractivity contribution in [2.45, 2.75) is 25.3 Å². The molecule has 1 atom stereocenters. The minimum absolute atomic E-state index is 0.146. The molecule has 136 valence electrons. The Labute approximate surface area is 152 Å². The summed E-state index contributed by atoms with van der Waals surface area (Å²) in [5, 5.41) is 2.79. The van der Waals surface area contributed by atoms with E-state index < -0.39 is 5.95 Å². The second kappa shape index (κ2) is 7.41. The molecule has 0 saturated carbocycles. The van der Waals surface area contributed by atoms with Crippen LogP contribution in [0, 0.1) is 5.95 Å². The smallest absolute Gasteiger partial charge is 0.321 e. The summed E-state index contributed by atoms with van der Waals surface area (Å²) in [6.45, 7) is 3.20. The third-order valence-electron chi connectivity index (χ3n) is 5.42. The number of fused-ring (bicyclic) bond motifs is 1. The Kier molecular flexibility index (Phi) is 4.84. The minimum atomic E-state index is -0.550. The Balaban J connectivity index is 1.30. The van der Waals surface area contributed by atoms with Gasteiger partial charge >= 0.3 is 6.03 Å². The second-order valence-corrected chi connectivity index (χ2v) is 6.99. The first-order valence-corrected chi connectivity index (χ1v) is 9.17. The molecule has 0 radical (unpaired) electrons. The zero-order chi connectivity index (χ0) is 17.9. The number of benzene rings is 1. The Morgan fingerprint density at radius 1 is 1.08 bits per heavy atom. The summed E-state index contributed by atoms with van der Waals surface area (Å²) >= 11 is 0. The average Bonchev–Trinajstić information content (AvgIpc) is 2.69. The highest BCUT2D eigenvalue weighted by Crippen LogP contribution is 2.25. The summed E-state index contributed by atoms with van der Waals surface area (Å²) in [6, 6.07) is 11.9. The molecule has 1 saturated heterocycles. The molecule has 0 unspecified atom stereocenters. The number of piperazine rings is 1. The molecule has 0 spiro atoms. The standard InChI is InChI=1S/C20H23FN4O/c21-19-8-6-17(14-22-19)23-20(26)25-11-9-24(10-12-25)18-7-5-15-3-1-2-4-16(15)13-18/h1-4,6,8,14,18H,5,7,9-13H2,(H,23,26)/t18-/m1/s1. The van der Waals surface area contributed by atoms with Crippen molar-refractivity contribution >= 4 is 11.7 Å². The maximum atomic E-state index is 12.9. The minimum Gasteiger partial charge on any atom is -0.322 e. The number of nitrogens with zero attached hydrogens (tertiary/aromatic N) is 3. The van der Waals surface area contributed by atoms with E-state index in [2.05, 4.69) is 39.5 Å². The SMILES string of the molecule is O=C(Nc1ccc(F)nc1)N1CCN([C@@H]2CCc3ccccc3C2)CC1. The molecule has 26 heavy (non-hydrogen) atoms. The number of rotatable bonds is 2. The number of aryl methyl sites for hydroxylation is 1. The summed E-state index contributed by atoms with van der Waals surface area (Å²) in [6.07, 6.45) is 4.76. The van der Waals surface area contributed by atoms with Crippen molar-refractivity contribution in [1.29, 1.82) is 0 Å². The molecule has 4 rings (SSSR count). The van der Waals surface area contributed by atoms with Crippen LogP contribution in [0.5, 0.6) is 0 Å². The van der Waals surface area contributed by atoms with E-state index in [-0.39, 0.29) is 6.03 Å². The molecular weight excluding hydrogens is 331 g/mol. The highest BCUT2D eigenvalue weighted by molar-refractivity contribution is 5.89. The van der Waals surface area contributed by atoms with Crippen LogP contribution in [-0.4, -0.2) is 53.0 Å². The number of anilines is 1. The lowest BCUT2D eigenvalue weighted by atomic mass is 9.87. The van der Waals surface area contributed by atoms with E-state index in [0.717, 1.165) is 25.9 Å². The number of amides is 2. The summed E-state index contributed by atoms with van der Waals surface area (Å²) in [5.74, 6) is -0.550. The highest BCUT2D eigenvalue weighted by atomic mass is 19.1. The average molecular weight is 354 g/mol. The van der Waals surface area contributed by atoms with Crippen LogP contribution in [0.1, 0.15) is 17.5 Å². The molecule has 1 aliphatic carbocycles. The van der Waals surface area contributed by atoms with Crippen molar-refractivity contribution in [3.63, 3.8) is 0 Å². The van der Waals surface area contributed by atoms with Crippen molar-refractivity contribution in [2.75, 3.05) is 31.5 Å². The van der Waals surface area contributed by atoms with Crippen molar-refractivity contribution in [2.24, 2.45) is 0 Å². The second-order valence-electron chi connectivity index (χ2n) is 6.99. The lowest BCUT2D eigenvalue weighted by molar-refractivity contribution is 0.106. The molecular formula is C20H23FN4O. The van der Waals surface area contributed by atoms with E-state index in [0.29, 0.717) is 24.8 Å². The van der Waals surface area contributed by atoms with Crippen LogP contribution in [0.25, 0.3) is 0 Å². The normalized spacial score (nSPS) is 20.5. The van der Waals surface area contributed by atoms with Gasteiger partial charge < -0.3 is 10.2 Å². The molecule has 1 fully saturated rings. The van der Waals surface area contributed by atoms with Crippen LogP contribution >= 0.6 is 0 Å². The first-order valence-electron chi connectivity index (χ1n) is 9.17. The summed E-state index contributed by atoms with van der Waals surface area (Å²) < 4.78 is 12.9. The van der Waals surface area contributed by atoms with E-state index in [9.17, 15) is 9.18 Å². The zero-order valence-corrected chi connectivity index (χ0v) is 14.7. The van der Waals surface area contributed by atoms with Crippen molar-refractivity contribution in [3.8, 4) is 0 Å². The zero-order valence-electron chi connectivity index (χ0n) is 14.7. The van der Waals surface area contributed by atoms with Crippen LogP contribution in [-0.2, 0) is 12.8 Å². The Bertz CT molecular complexity index is 772. The van der Waals surface area contributed by atoms with Crippen LogP contribution in [0.4, 0.5) is 14.9 Å². The maximum absolute atomic E-state index is 12.9. The van der Waals surface area contributed by atoms with Gasteiger partial charge in [-0.25, -0.2) is 9.78 Å². The van der Waals surface area contributed by atoms with Crippen molar-refractivity contribution in [3.05, 3.63) is 59.7 Å².